The Bertz CT molecular complexity index is 279. The second-order valence-corrected chi connectivity index (χ2v) is 3.06. The zero-order valence-electron chi connectivity index (χ0n) is 8.81. The van der Waals surface area contributed by atoms with E-state index in [1.165, 1.54) is 0 Å². The van der Waals surface area contributed by atoms with E-state index in [-0.39, 0.29) is 0 Å². The van der Waals surface area contributed by atoms with Gasteiger partial charge in [-0.1, -0.05) is 12.1 Å². The van der Waals surface area contributed by atoms with Gasteiger partial charge in [0.05, 0.1) is 20.3 Å². The molecule has 0 N–H and O–H groups in total. The fourth-order valence-corrected chi connectivity index (χ4v) is 1.13. The van der Waals surface area contributed by atoms with E-state index in [0.29, 0.717) is 19.6 Å². The van der Waals surface area contributed by atoms with Crippen molar-refractivity contribution in [2.45, 2.75) is 13.0 Å². The van der Waals surface area contributed by atoms with Gasteiger partial charge in [0.15, 0.2) is 0 Å². The maximum atomic E-state index is 9.98. The normalized spacial score (nSPS) is 9.67. The number of benzene rings is 1. The van der Waals surface area contributed by atoms with Gasteiger partial charge in [-0.05, 0) is 17.7 Å². The van der Waals surface area contributed by atoms with Gasteiger partial charge >= 0.3 is 0 Å². The predicted octanol–water partition coefficient (Wildman–Crippen LogP) is 2.01. The lowest BCUT2D eigenvalue weighted by Gasteiger charge is -2.03. The Labute approximate surface area is 90.0 Å². The highest BCUT2D eigenvalue weighted by atomic mass is 16.5. The minimum atomic E-state index is 0.566. The number of carbonyl (C=O) groups is 1. The van der Waals surface area contributed by atoms with Gasteiger partial charge in [0.1, 0.15) is 18.6 Å². The zero-order valence-corrected chi connectivity index (χ0v) is 8.81. The van der Waals surface area contributed by atoms with Crippen molar-refractivity contribution in [2.24, 2.45) is 0 Å². The van der Waals surface area contributed by atoms with Crippen LogP contribution in [0.3, 0.4) is 0 Å². The van der Waals surface area contributed by atoms with Gasteiger partial charge in [-0.25, -0.2) is 4.79 Å². The van der Waals surface area contributed by atoms with E-state index in [0.717, 1.165) is 17.6 Å². The summed E-state index contributed by atoms with van der Waals surface area (Å²) in [5.74, 6) is 0.841. The van der Waals surface area contributed by atoms with Crippen LogP contribution in [0.5, 0.6) is 5.75 Å². The van der Waals surface area contributed by atoms with E-state index in [1.807, 2.05) is 24.3 Å². The first kappa shape index (κ1) is 11.6. The number of ether oxygens (including phenoxy) is 2. The Balaban J connectivity index is 2.22. The monoisotopic (exact) mass is 207 g/mol. The summed E-state index contributed by atoms with van der Waals surface area (Å²) in [4.78, 5) is 9.98. The highest BCUT2D eigenvalue weighted by Gasteiger charge is 1.97. The third-order valence-electron chi connectivity index (χ3n) is 1.95. The van der Waals surface area contributed by atoms with Crippen molar-refractivity contribution in [1.82, 2.24) is 0 Å². The first-order chi connectivity index (χ1) is 7.36. The molecule has 3 heteroatoms. The number of carbonyl (C=O) groups excluding carboxylic acids is 1. The molecular weight excluding hydrogens is 192 g/mol. The molecule has 0 amide bonds. The molecular formula is C12H15O3+. The van der Waals surface area contributed by atoms with Gasteiger partial charge in [0.2, 0.25) is 0 Å². The fourth-order valence-electron chi connectivity index (χ4n) is 1.13. The molecule has 0 aliphatic heterocycles. The zero-order chi connectivity index (χ0) is 10.9. The van der Waals surface area contributed by atoms with Crippen LogP contribution in [0.25, 0.3) is 0 Å². The van der Waals surface area contributed by atoms with Gasteiger partial charge in [0.25, 0.3) is 6.29 Å². The second-order valence-electron chi connectivity index (χ2n) is 3.06. The third-order valence-corrected chi connectivity index (χ3v) is 1.95. The van der Waals surface area contributed by atoms with Crippen molar-refractivity contribution in [2.75, 3.05) is 13.7 Å². The highest BCUT2D eigenvalue weighted by Crippen LogP contribution is 2.11. The van der Waals surface area contributed by atoms with Gasteiger partial charge < -0.3 is 9.47 Å². The summed E-state index contributed by atoms with van der Waals surface area (Å²) in [5, 5.41) is 0. The number of methoxy groups -OCH3 is 1. The average molecular weight is 207 g/mol. The smallest absolute Gasteiger partial charge is 0.294 e. The molecule has 0 heterocycles. The Hall–Kier alpha value is -1.48. The molecule has 0 aliphatic rings. The van der Waals surface area contributed by atoms with Crippen LogP contribution in [0.1, 0.15) is 12.0 Å². The number of hydrogen-bond donors (Lipinski definition) is 0. The molecule has 1 rings (SSSR count). The Morgan fingerprint density at radius 3 is 2.67 bits per heavy atom. The van der Waals surface area contributed by atoms with Crippen molar-refractivity contribution in [3.63, 3.8) is 0 Å². The van der Waals surface area contributed by atoms with Crippen LogP contribution >= 0.6 is 0 Å². The summed E-state index contributed by atoms with van der Waals surface area (Å²) in [7, 11) is 1.64. The van der Waals surface area contributed by atoms with Crippen LogP contribution in [-0.2, 0) is 16.1 Å². The Morgan fingerprint density at radius 2 is 2.07 bits per heavy atom. The maximum absolute atomic E-state index is 9.98. The lowest BCUT2D eigenvalue weighted by molar-refractivity contribution is -0.105. The predicted molar refractivity (Wildman–Crippen MR) is 57.6 cm³/mol. The van der Waals surface area contributed by atoms with E-state index in [4.69, 9.17) is 9.47 Å². The minimum Gasteiger partial charge on any atom is -0.497 e. The number of hydrogen-bond acceptors (Lipinski definition) is 3. The van der Waals surface area contributed by atoms with Crippen LogP contribution in [-0.4, -0.2) is 20.0 Å². The molecule has 15 heavy (non-hydrogen) atoms. The summed E-state index contributed by atoms with van der Waals surface area (Å²) in [6.07, 6.45) is 3.00. The van der Waals surface area contributed by atoms with E-state index >= 15 is 0 Å². The second kappa shape index (κ2) is 6.90. The molecule has 3 nitrogen and oxygen atoms in total. The summed E-state index contributed by atoms with van der Waals surface area (Å²) >= 11 is 0. The van der Waals surface area contributed by atoms with Crippen LogP contribution in [0, 0.1) is 6.42 Å². The number of unbranched alkanes of at least 4 members (excludes halogenated alkanes) is 1. The quantitative estimate of drug-likeness (QED) is 0.390. The molecule has 0 aliphatic carbocycles. The number of aldehydes is 1. The summed E-state index contributed by atoms with van der Waals surface area (Å²) < 4.78 is 10.4. The molecule has 80 valence electrons. The van der Waals surface area contributed by atoms with Crippen molar-refractivity contribution in [3.05, 3.63) is 36.2 Å². The molecule has 0 fully saturated rings. The minimum absolute atomic E-state index is 0.566. The summed E-state index contributed by atoms with van der Waals surface area (Å²) in [6.45, 7) is 1.14. The molecule has 0 atom stereocenters. The SMILES string of the molecule is COc1ccc(COCC[CH+]C=O)cc1. The summed E-state index contributed by atoms with van der Waals surface area (Å²) in [6, 6.07) is 7.72. The number of rotatable bonds is 7. The third kappa shape index (κ3) is 4.51. The van der Waals surface area contributed by atoms with E-state index in [2.05, 4.69) is 0 Å². The molecule has 0 unspecified atom stereocenters. The first-order valence-corrected chi connectivity index (χ1v) is 4.84. The topological polar surface area (TPSA) is 35.5 Å². The van der Waals surface area contributed by atoms with Crippen LogP contribution < -0.4 is 4.74 Å². The van der Waals surface area contributed by atoms with Crippen LogP contribution in [0.4, 0.5) is 0 Å². The van der Waals surface area contributed by atoms with Crippen molar-refractivity contribution in [3.8, 4) is 5.75 Å². The highest BCUT2D eigenvalue weighted by molar-refractivity contribution is 5.60. The maximum Gasteiger partial charge on any atom is 0.294 e. The molecule has 1 aromatic rings. The van der Waals surface area contributed by atoms with Crippen LogP contribution in [0.2, 0.25) is 0 Å². The molecule has 1 aromatic carbocycles. The lowest BCUT2D eigenvalue weighted by Crippen LogP contribution is -1.96. The fraction of sp³-hybridized carbons (Fsp3) is 0.333. The Morgan fingerprint density at radius 1 is 1.33 bits per heavy atom. The van der Waals surface area contributed by atoms with Gasteiger partial charge in [0, 0.05) is 0 Å². The lowest BCUT2D eigenvalue weighted by atomic mass is 10.2. The van der Waals surface area contributed by atoms with Crippen molar-refractivity contribution < 1.29 is 14.3 Å². The molecule has 0 saturated heterocycles. The van der Waals surface area contributed by atoms with E-state index in [1.54, 1.807) is 13.5 Å². The van der Waals surface area contributed by atoms with E-state index < -0.39 is 0 Å². The summed E-state index contributed by atoms with van der Waals surface area (Å²) in [5.41, 5.74) is 1.10. The first-order valence-electron chi connectivity index (χ1n) is 4.84. The largest absolute Gasteiger partial charge is 0.497 e. The molecule has 0 radical (unpaired) electrons. The van der Waals surface area contributed by atoms with E-state index in [9.17, 15) is 4.79 Å². The van der Waals surface area contributed by atoms with Crippen molar-refractivity contribution >= 4 is 6.29 Å². The Kier molecular flexibility index (Phi) is 5.33. The average Bonchev–Trinajstić information content (AvgIpc) is 2.30. The molecule has 0 saturated carbocycles. The van der Waals surface area contributed by atoms with Crippen LogP contribution in [0.15, 0.2) is 24.3 Å². The standard InChI is InChI=1S/C12H15O3/c1-14-12-6-4-11(5-7-12)10-15-9-3-2-8-13/h2,4-8H,3,9-10H2,1H3/q+1. The molecule has 0 bridgehead atoms. The van der Waals surface area contributed by atoms with Gasteiger partial charge in [-0.15, -0.1) is 0 Å². The van der Waals surface area contributed by atoms with Gasteiger partial charge in [-0.2, -0.15) is 0 Å². The van der Waals surface area contributed by atoms with Gasteiger partial charge in [-0.3, -0.25) is 0 Å². The van der Waals surface area contributed by atoms with Crippen molar-refractivity contribution in [1.29, 1.82) is 0 Å². The molecule has 0 spiro atoms. The molecule has 0 aromatic heterocycles.